The Balaban J connectivity index is 2.57. The van der Waals surface area contributed by atoms with Crippen molar-refractivity contribution in [1.82, 2.24) is 9.55 Å². The zero-order valence-electron chi connectivity index (χ0n) is 11.1. The van der Waals surface area contributed by atoms with E-state index in [1.165, 1.54) is 18.3 Å². The average Bonchev–Trinajstić information content (AvgIpc) is 2.71. The quantitative estimate of drug-likeness (QED) is 0.676. The van der Waals surface area contributed by atoms with Crippen LogP contribution in [-0.2, 0) is 6.54 Å². The van der Waals surface area contributed by atoms with E-state index >= 15 is 0 Å². The molecule has 20 heavy (non-hydrogen) atoms. The normalized spacial score (nSPS) is 11.9. The molecule has 0 unspecified atom stereocenters. The second-order valence-electron chi connectivity index (χ2n) is 4.18. The molecule has 2 aromatic rings. The Morgan fingerprint density at radius 2 is 2.30 bits per heavy atom. The maximum Gasteiger partial charge on any atom is 0.190 e. The topological polar surface area (TPSA) is 67.5 Å². The number of thiazole rings is 1. The van der Waals surface area contributed by atoms with Crippen LogP contribution in [0, 0.1) is 6.92 Å². The fourth-order valence-electron chi connectivity index (χ4n) is 1.80. The van der Waals surface area contributed by atoms with E-state index in [9.17, 15) is 4.79 Å². The summed E-state index contributed by atoms with van der Waals surface area (Å²) in [6.45, 7) is 3.81. The molecule has 106 valence electrons. The minimum Gasteiger partial charge on any atom is -0.395 e. The maximum atomic E-state index is 11.6. The highest BCUT2D eigenvalue weighted by molar-refractivity contribution is 9.10. The number of nitrogens with zero attached hydrogens (tertiary/aromatic N) is 3. The van der Waals surface area contributed by atoms with Gasteiger partial charge in [-0.3, -0.25) is 4.79 Å². The van der Waals surface area contributed by atoms with Crippen molar-refractivity contribution in [2.75, 3.05) is 6.61 Å². The van der Waals surface area contributed by atoms with Crippen molar-refractivity contribution in [3.05, 3.63) is 38.3 Å². The summed E-state index contributed by atoms with van der Waals surface area (Å²) in [7, 11) is 0. The lowest BCUT2D eigenvalue weighted by Gasteiger charge is -2.03. The third-order valence-corrected chi connectivity index (χ3v) is 4.49. The fourth-order valence-corrected chi connectivity index (χ4v) is 3.11. The summed E-state index contributed by atoms with van der Waals surface area (Å²) in [6, 6.07) is 3.64. The summed E-state index contributed by atoms with van der Waals surface area (Å²) >= 11 is 4.60. The van der Waals surface area contributed by atoms with Crippen LogP contribution >= 0.6 is 27.3 Å². The van der Waals surface area contributed by atoms with Crippen LogP contribution in [0.25, 0.3) is 0 Å². The van der Waals surface area contributed by atoms with Gasteiger partial charge in [-0.05, 0) is 35.0 Å². The van der Waals surface area contributed by atoms with Crippen LogP contribution < -0.4 is 4.80 Å². The average molecular weight is 356 g/mol. The molecule has 2 heterocycles. The van der Waals surface area contributed by atoms with E-state index in [0.717, 1.165) is 10.3 Å². The lowest BCUT2D eigenvalue weighted by molar-refractivity contribution is 0.102. The van der Waals surface area contributed by atoms with Gasteiger partial charge in [0, 0.05) is 19.2 Å². The predicted octanol–water partition coefficient (Wildman–Crippen LogP) is 2.44. The number of pyridine rings is 1. The smallest absolute Gasteiger partial charge is 0.190 e. The fraction of sp³-hybridized carbons (Fsp3) is 0.308. The summed E-state index contributed by atoms with van der Waals surface area (Å²) in [6.07, 6.45) is 1.65. The molecular weight excluding hydrogens is 342 g/mol. The van der Waals surface area contributed by atoms with Crippen LogP contribution in [0.4, 0.5) is 5.69 Å². The Kier molecular flexibility index (Phi) is 4.85. The Labute approximate surface area is 128 Å². The molecule has 0 bridgehead atoms. The number of Topliss-reactive ketones (excluding diaryl/α,β-unsaturated/α-hetero) is 1. The van der Waals surface area contributed by atoms with E-state index in [1.54, 1.807) is 6.20 Å². The maximum absolute atomic E-state index is 11.6. The van der Waals surface area contributed by atoms with Crippen molar-refractivity contribution in [1.29, 1.82) is 0 Å². The molecule has 2 rings (SSSR count). The third-order valence-electron chi connectivity index (χ3n) is 2.74. The molecule has 0 saturated carbocycles. The lowest BCUT2D eigenvalue weighted by atomic mass is 10.3. The van der Waals surface area contributed by atoms with Gasteiger partial charge in [-0.25, -0.2) is 9.98 Å². The highest BCUT2D eigenvalue weighted by atomic mass is 79.9. The van der Waals surface area contributed by atoms with E-state index in [2.05, 4.69) is 25.9 Å². The lowest BCUT2D eigenvalue weighted by Crippen LogP contribution is -2.18. The summed E-state index contributed by atoms with van der Waals surface area (Å²) in [5.41, 5.74) is 1.54. The van der Waals surface area contributed by atoms with Gasteiger partial charge < -0.3 is 9.67 Å². The van der Waals surface area contributed by atoms with Crippen LogP contribution in [0.1, 0.15) is 22.3 Å². The van der Waals surface area contributed by atoms with E-state index in [0.29, 0.717) is 21.9 Å². The number of carbonyl (C=O) groups excluding carboxylic acids is 1. The number of ketones is 1. The summed E-state index contributed by atoms with van der Waals surface area (Å²) in [5, 5.41) is 9.16. The molecule has 0 aromatic carbocycles. The number of aromatic nitrogens is 2. The molecule has 1 N–H and O–H groups in total. The third kappa shape index (κ3) is 3.23. The molecule has 0 aliphatic carbocycles. The van der Waals surface area contributed by atoms with Gasteiger partial charge in [0.2, 0.25) is 0 Å². The Bertz CT molecular complexity index is 689. The molecule has 5 nitrogen and oxygen atoms in total. The molecule has 7 heteroatoms. The molecule has 0 aliphatic heterocycles. The van der Waals surface area contributed by atoms with Crippen molar-refractivity contribution in [2.45, 2.75) is 20.4 Å². The number of hydrogen-bond donors (Lipinski definition) is 1. The number of hydrogen-bond acceptors (Lipinski definition) is 5. The SMILES string of the molecule is CC(=O)c1s/c(=N\c2ccc(Br)nc2)n(CCO)c1C. The second-order valence-corrected chi connectivity index (χ2v) is 5.97. The van der Waals surface area contributed by atoms with Crippen LogP contribution in [0.15, 0.2) is 27.9 Å². The molecule has 2 aromatic heterocycles. The van der Waals surface area contributed by atoms with Crippen LogP contribution in [0.5, 0.6) is 0 Å². The highest BCUT2D eigenvalue weighted by Crippen LogP contribution is 2.16. The van der Waals surface area contributed by atoms with Gasteiger partial charge in [-0.15, -0.1) is 0 Å². The first kappa shape index (κ1) is 15.1. The first-order chi connectivity index (χ1) is 9.52. The number of carbonyl (C=O) groups is 1. The van der Waals surface area contributed by atoms with Crippen molar-refractivity contribution < 1.29 is 9.90 Å². The van der Waals surface area contributed by atoms with Gasteiger partial charge in [0.25, 0.3) is 0 Å². The Morgan fingerprint density at radius 3 is 2.85 bits per heavy atom. The van der Waals surface area contributed by atoms with Gasteiger partial charge in [0.05, 0.1) is 23.4 Å². The van der Waals surface area contributed by atoms with Crippen molar-refractivity contribution in [3.8, 4) is 0 Å². The van der Waals surface area contributed by atoms with Crippen LogP contribution in [0.2, 0.25) is 0 Å². The standard InChI is InChI=1S/C13H14BrN3O2S/c1-8-12(9(2)19)20-13(17(8)5-6-18)16-10-3-4-11(14)15-7-10/h3-4,7,18H,5-6H2,1-2H3/b16-13-. The Hall–Kier alpha value is -1.31. The molecule has 0 saturated heterocycles. The molecule has 0 aliphatic rings. The van der Waals surface area contributed by atoms with Crippen LogP contribution in [-0.4, -0.2) is 27.0 Å². The number of rotatable bonds is 4. The first-order valence-corrected chi connectivity index (χ1v) is 7.62. The molecular formula is C13H14BrN3O2S. The summed E-state index contributed by atoms with van der Waals surface area (Å²) in [5.74, 6) is 0.00886. The van der Waals surface area contributed by atoms with Crippen molar-refractivity contribution in [3.63, 3.8) is 0 Å². The molecule has 0 amide bonds. The summed E-state index contributed by atoms with van der Waals surface area (Å²) in [4.78, 5) is 21.6. The first-order valence-electron chi connectivity index (χ1n) is 6.01. The molecule has 0 atom stereocenters. The summed E-state index contributed by atoms with van der Waals surface area (Å²) < 4.78 is 2.59. The number of halogens is 1. The van der Waals surface area contributed by atoms with E-state index in [-0.39, 0.29) is 12.4 Å². The van der Waals surface area contributed by atoms with Gasteiger partial charge in [-0.2, -0.15) is 0 Å². The number of aliphatic hydroxyl groups excluding tert-OH is 1. The predicted molar refractivity (Wildman–Crippen MR) is 81.3 cm³/mol. The van der Waals surface area contributed by atoms with Crippen LogP contribution in [0.3, 0.4) is 0 Å². The van der Waals surface area contributed by atoms with Crippen molar-refractivity contribution >= 4 is 38.7 Å². The minimum absolute atomic E-state index is 0.000687. The van der Waals surface area contributed by atoms with E-state index < -0.39 is 0 Å². The van der Waals surface area contributed by atoms with Crippen molar-refractivity contribution in [2.24, 2.45) is 4.99 Å². The van der Waals surface area contributed by atoms with Gasteiger partial charge in [-0.1, -0.05) is 11.3 Å². The zero-order valence-corrected chi connectivity index (χ0v) is 13.5. The monoisotopic (exact) mass is 355 g/mol. The highest BCUT2D eigenvalue weighted by Gasteiger charge is 2.13. The van der Waals surface area contributed by atoms with E-state index in [4.69, 9.17) is 5.11 Å². The van der Waals surface area contributed by atoms with Gasteiger partial charge >= 0.3 is 0 Å². The van der Waals surface area contributed by atoms with E-state index in [1.807, 2.05) is 23.6 Å². The second kappa shape index (κ2) is 6.43. The number of aliphatic hydroxyl groups is 1. The largest absolute Gasteiger partial charge is 0.395 e. The zero-order chi connectivity index (χ0) is 14.7. The van der Waals surface area contributed by atoms with Gasteiger partial charge in [0.15, 0.2) is 10.6 Å². The molecule has 0 radical (unpaired) electrons. The molecule has 0 fully saturated rings. The van der Waals surface area contributed by atoms with Gasteiger partial charge in [0.1, 0.15) is 4.60 Å². The molecule has 0 spiro atoms. The minimum atomic E-state index is 0.000687. The Morgan fingerprint density at radius 1 is 1.55 bits per heavy atom.